The summed E-state index contributed by atoms with van der Waals surface area (Å²) < 4.78 is 13.8. The molecule has 0 aliphatic rings. The van der Waals surface area contributed by atoms with Gasteiger partial charge in [0.05, 0.1) is 23.5 Å². The number of primary amides is 1. The van der Waals surface area contributed by atoms with E-state index in [2.05, 4.69) is 4.98 Å². The standard InChI is InChI=1S/C15H17FN4O/c1-9(10-5-3-4-6-12(10)16)20(2)14-7-11(15(18)21)13(17)8-19-14/h3-9H,17H2,1-2H3,(H2,18,21). The van der Waals surface area contributed by atoms with E-state index in [-0.39, 0.29) is 23.1 Å². The molecular weight excluding hydrogens is 271 g/mol. The summed E-state index contributed by atoms with van der Waals surface area (Å²) in [6.07, 6.45) is 1.37. The molecule has 0 saturated carbocycles. The van der Waals surface area contributed by atoms with Crippen molar-refractivity contribution in [2.24, 2.45) is 5.73 Å². The van der Waals surface area contributed by atoms with Gasteiger partial charge in [0.2, 0.25) is 0 Å². The molecule has 0 fully saturated rings. The smallest absolute Gasteiger partial charge is 0.250 e. The predicted molar refractivity (Wildman–Crippen MR) is 80.4 cm³/mol. The molecule has 2 aromatic rings. The predicted octanol–water partition coefficient (Wildman–Crippen LogP) is 2.10. The number of pyridine rings is 1. The summed E-state index contributed by atoms with van der Waals surface area (Å²) in [5, 5.41) is 0. The van der Waals surface area contributed by atoms with E-state index in [1.807, 2.05) is 6.92 Å². The maximum Gasteiger partial charge on any atom is 0.250 e. The van der Waals surface area contributed by atoms with Crippen LogP contribution in [-0.2, 0) is 0 Å². The molecule has 0 radical (unpaired) electrons. The van der Waals surface area contributed by atoms with Gasteiger partial charge in [-0.2, -0.15) is 0 Å². The third kappa shape index (κ3) is 2.94. The summed E-state index contributed by atoms with van der Waals surface area (Å²) in [5.41, 5.74) is 11.9. The number of carbonyl (C=O) groups is 1. The van der Waals surface area contributed by atoms with Crippen molar-refractivity contribution >= 4 is 17.4 Å². The first-order valence-corrected chi connectivity index (χ1v) is 6.44. The molecule has 0 spiro atoms. The van der Waals surface area contributed by atoms with Crippen LogP contribution < -0.4 is 16.4 Å². The fourth-order valence-electron chi connectivity index (χ4n) is 2.08. The molecular formula is C15H17FN4O. The third-order valence-corrected chi connectivity index (χ3v) is 3.48. The highest BCUT2D eigenvalue weighted by Crippen LogP contribution is 2.27. The maximum atomic E-state index is 13.8. The van der Waals surface area contributed by atoms with Crippen LogP contribution in [0.15, 0.2) is 36.5 Å². The molecule has 4 N–H and O–H groups in total. The zero-order valence-electron chi connectivity index (χ0n) is 11.9. The monoisotopic (exact) mass is 288 g/mol. The lowest BCUT2D eigenvalue weighted by Gasteiger charge is -2.27. The summed E-state index contributed by atoms with van der Waals surface area (Å²) in [7, 11) is 1.76. The molecule has 0 aliphatic carbocycles. The molecule has 1 aromatic heterocycles. The second-order valence-electron chi connectivity index (χ2n) is 4.80. The Hall–Kier alpha value is -2.63. The van der Waals surface area contributed by atoms with Crippen LogP contribution in [0.1, 0.15) is 28.9 Å². The lowest BCUT2D eigenvalue weighted by Crippen LogP contribution is -2.24. The van der Waals surface area contributed by atoms with E-state index >= 15 is 0 Å². The summed E-state index contributed by atoms with van der Waals surface area (Å²) in [6.45, 7) is 1.85. The fourth-order valence-corrected chi connectivity index (χ4v) is 2.08. The van der Waals surface area contributed by atoms with Gasteiger partial charge in [0, 0.05) is 12.6 Å². The van der Waals surface area contributed by atoms with Crippen molar-refractivity contribution in [3.63, 3.8) is 0 Å². The Morgan fingerprint density at radius 2 is 2.05 bits per heavy atom. The number of hydrogen-bond donors (Lipinski definition) is 2. The number of nitrogens with zero attached hydrogens (tertiary/aromatic N) is 2. The quantitative estimate of drug-likeness (QED) is 0.902. The van der Waals surface area contributed by atoms with Gasteiger partial charge in [0.25, 0.3) is 5.91 Å². The highest BCUT2D eigenvalue weighted by Gasteiger charge is 2.18. The van der Waals surface area contributed by atoms with Crippen LogP contribution in [0, 0.1) is 5.82 Å². The topological polar surface area (TPSA) is 85.2 Å². The SMILES string of the molecule is CC(c1ccccc1F)N(C)c1cc(C(N)=O)c(N)cn1. The lowest BCUT2D eigenvalue weighted by molar-refractivity contribution is 0.100. The number of anilines is 2. The van der Waals surface area contributed by atoms with Crippen LogP contribution in [-0.4, -0.2) is 17.9 Å². The minimum atomic E-state index is -0.622. The molecule has 1 aromatic carbocycles. The molecule has 0 aliphatic heterocycles. The number of benzene rings is 1. The molecule has 1 unspecified atom stereocenters. The van der Waals surface area contributed by atoms with Crippen LogP contribution in [0.5, 0.6) is 0 Å². The van der Waals surface area contributed by atoms with Crippen LogP contribution >= 0.6 is 0 Å². The van der Waals surface area contributed by atoms with E-state index in [9.17, 15) is 9.18 Å². The van der Waals surface area contributed by atoms with Crippen molar-refractivity contribution in [1.82, 2.24) is 4.98 Å². The van der Waals surface area contributed by atoms with Crippen LogP contribution in [0.2, 0.25) is 0 Å². The molecule has 0 bridgehead atoms. The first-order chi connectivity index (χ1) is 9.91. The van der Waals surface area contributed by atoms with E-state index in [1.165, 1.54) is 18.3 Å². The van der Waals surface area contributed by atoms with Crippen molar-refractivity contribution in [1.29, 1.82) is 0 Å². The summed E-state index contributed by atoms with van der Waals surface area (Å²) in [4.78, 5) is 17.2. The van der Waals surface area contributed by atoms with Gasteiger partial charge < -0.3 is 16.4 Å². The van der Waals surface area contributed by atoms with Gasteiger partial charge in [-0.3, -0.25) is 4.79 Å². The minimum absolute atomic E-state index is 0.201. The van der Waals surface area contributed by atoms with Crippen molar-refractivity contribution in [3.8, 4) is 0 Å². The number of aromatic nitrogens is 1. The van der Waals surface area contributed by atoms with Crippen LogP contribution in [0.4, 0.5) is 15.9 Å². The molecule has 6 heteroatoms. The molecule has 21 heavy (non-hydrogen) atoms. The third-order valence-electron chi connectivity index (χ3n) is 3.48. The molecule has 1 heterocycles. The summed E-state index contributed by atoms with van der Waals surface area (Å²) >= 11 is 0. The van der Waals surface area contributed by atoms with Crippen LogP contribution in [0.3, 0.4) is 0 Å². The Balaban J connectivity index is 2.36. The largest absolute Gasteiger partial charge is 0.397 e. The fraction of sp³-hybridized carbons (Fsp3) is 0.200. The van der Waals surface area contributed by atoms with Crippen molar-refractivity contribution in [3.05, 3.63) is 53.5 Å². The molecule has 5 nitrogen and oxygen atoms in total. The molecule has 2 rings (SSSR count). The first-order valence-electron chi connectivity index (χ1n) is 6.44. The number of halogens is 1. The van der Waals surface area contributed by atoms with Gasteiger partial charge in [0.1, 0.15) is 11.6 Å². The maximum absolute atomic E-state index is 13.8. The van der Waals surface area contributed by atoms with E-state index < -0.39 is 5.91 Å². The van der Waals surface area contributed by atoms with Gasteiger partial charge in [-0.15, -0.1) is 0 Å². The van der Waals surface area contributed by atoms with Crippen molar-refractivity contribution < 1.29 is 9.18 Å². The van der Waals surface area contributed by atoms with Gasteiger partial charge in [-0.05, 0) is 19.1 Å². The van der Waals surface area contributed by atoms with Crippen molar-refractivity contribution in [2.75, 3.05) is 17.7 Å². The van der Waals surface area contributed by atoms with Gasteiger partial charge in [-0.25, -0.2) is 9.37 Å². The highest BCUT2D eigenvalue weighted by molar-refractivity contribution is 5.98. The second-order valence-corrected chi connectivity index (χ2v) is 4.80. The second kappa shape index (κ2) is 5.78. The van der Waals surface area contributed by atoms with Crippen molar-refractivity contribution in [2.45, 2.75) is 13.0 Å². The van der Waals surface area contributed by atoms with Gasteiger partial charge in [-0.1, -0.05) is 18.2 Å². The Bertz CT molecular complexity index is 674. The first kappa shape index (κ1) is 14.8. The average molecular weight is 288 g/mol. The van der Waals surface area contributed by atoms with Crippen LogP contribution in [0.25, 0.3) is 0 Å². The number of carbonyl (C=O) groups excluding carboxylic acids is 1. The lowest BCUT2D eigenvalue weighted by atomic mass is 10.1. The molecule has 1 amide bonds. The number of nitrogen functional groups attached to an aromatic ring is 1. The zero-order valence-corrected chi connectivity index (χ0v) is 11.9. The number of rotatable bonds is 4. The number of amides is 1. The summed E-state index contributed by atoms with van der Waals surface area (Å²) in [6, 6.07) is 7.78. The molecule has 0 saturated heterocycles. The number of nitrogens with two attached hydrogens (primary N) is 2. The highest BCUT2D eigenvalue weighted by atomic mass is 19.1. The van der Waals surface area contributed by atoms with Gasteiger partial charge in [0.15, 0.2) is 0 Å². The Morgan fingerprint density at radius 1 is 1.38 bits per heavy atom. The minimum Gasteiger partial charge on any atom is -0.397 e. The van der Waals surface area contributed by atoms with E-state index in [0.717, 1.165) is 0 Å². The average Bonchev–Trinajstić information content (AvgIpc) is 2.46. The number of hydrogen-bond acceptors (Lipinski definition) is 4. The van der Waals surface area contributed by atoms with E-state index in [1.54, 1.807) is 30.1 Å². The van der Waals surface area contributed by atoms with E-state index in [4.69, 9.17) is 11.5 Å². The Kier molecular flexibility index (Phi) is 4.07. The summed E-state index contributed by atoms with van der Waals surface area (Å²) in [5.74, 6) is -0.417. The normalized spacial score (nSPS) is 12.0. The zero-order chi connectivity index (χ0) is 15.6. The Morgan fingerprint density at radius 3 is 2.67 bits per heavy atom. The molecule has 110 valence electrons. The van der Waals surface area contributed by atoms with Gasteiger partial charge >= 0.3 is 0 Å². The Labute approximate surface area is 122 Å². The molecule has 1 atom stereocenters. The van der Waals surface area contributed by atoms with E-state index in [0.29, 0.717) is 11.4 Å².